The molecule has 1 N–H and O–H groups in total. The minimum Gasteiger partial charge on any atom is -0.465 e. The summed E-state index contributed by atoms with van der Waals surface area (Å²) in [4.78, 5) is 43.3. The largest absolute Gasteiger partial charge is 0.465 e. The number of nitrogens with zero attached hydrogens (tertiary/aromatic N) is 1. The summed E-state index contributed by atoms with van der Waals surface area (Å²) in [6, 6.07) is 14.9. The number of hydrogen-bond donors (Lipinski definition) is 1. The van der Waals surface area contributed by atoms with Gasteiger partial charge in [-0.3, -0.25) is 0 Å². The zero-order valence-corrected chi connectivity index (χ0v) is 20.9. The molecule has 1 heterocycles. The molecule has 0 bridgehead atoms. The Kier molecular flexibility index (Phi) is 8.38. The first kappa shape index (κ1) is 25.6. The molecule has 3 rings (SSSR count). The Morgan fingerprint density at radius 3 is 1.94 bits per heavy atom. The molecular formula is C26H26N2O6S. The maximum Gasteiger partial charge on any atom is 0.349 e. The van der Waals surface area contributed by atoms with Crippen LogP contribution in [0.5, 0.6) is 0 Å². The van der Waals surface area contributed by atoms with E-state index in [1.165, 1.54) is 14.2 Å². The van der Waals surface area contributed by atoms with Gasteiger partial charge in [-0.05, 0) is 45.0 Å². The van der Waals surface area contributed by atoms with Gasteiger partial charge in [-0.2, -0.15) is 0 Å². The van der Waals surface area contributed by atoms with E-state index >= 15 is 0 Å². The minimum absolute atomic E-state index is 0.0553. The molecule has 0 aliphatic heterocycles. The van der Waals surface area contributed by atoms with Crippen LogP contribution in [0.25, 0.3) is 0 Å². The predicted molar refractivity (Wildman–Crippen MR) is 134 cm³/mol. The maximum absolute atomic E-state index is 13.2. The summed E-state index contributed by atoms with van der Waals surface area (Å²) in [5.41, 5.74) is 3.14. The van der Waals surface area contributed by atoms with Crippen LogP contribution in [-0.2, 0) is 14.2 Å². The number of benzene rings is 2. The fourth-order valence-corrected chi connectivity index (χ4v) is 4.25. The van der Waals surface area contributed by atoms with Crippen LogP contribution in [0.15, 0.2) is 53.5 Å². The summed E-state index contributed by atoms with van der Waals surface area (Å²) >= 11 is 0.911. The number of carbonyl (C=O) groups excluding carboxylic acids is 3. The molecule has 0 aliphatic carbocycles. The first-order valence-corrected chi connectivity index (χ1v) is 11.6. The molecule has 1 aromatic heterocycles. The number of anilines is 2. The number of aryl methyl sites for hydroxylation is 2. The second kappa shape index (κ2) is 11.4. The fraction of sp³-hybridized carbons (Fsp3) is 0.231. The Balaban J connectivity index is 2.45. The van der Waals surface area contributed by atoms with Crippen molar-refractivity contribution in [1.82, 2.24) is 0 Å². The molecule has 0 saturated carbocycles. The van der Waals surface area contributed by atoms with E-state index in [1.807, 2.05) is 62.4 Å². The van der Waals surface area contributed by atoms with E-state index in [0.717, 1.165) is 22.5 Å². The van der Waals surface area contributed by atoms with E-state index in [0.29, 0.717) is 11.4 Å². The van der Waals surface area contributed by atoms with E-state index in [2.05, 4.69) is 5.32 Å². The van der Waals surface area contributed by atoms with Gasteiger partial charge in [-0.15, -0.1) is 11.3 Å². The summed E-state index contributed by atoms with van der Waals surface area (Å²) in [6.45, 7) is 5.61. The van der Waals surface area contributed by atoms with Gasteiger partial charge in [0.05, 0.1) is 32.2 Å². The molecule has 0 radical (unpaired) electrons. The van der Waals surface area contributed by atoms with Gasteiger partial charge < -0.3 is 19.5 Å². The van der Waals surface area contributed by atoms with Crippen LogP contribution in [0.4, 0.5) is 17.1 Å². The van der Waals surface area contributed by atoms with Gasteiger partial charge >= 0.3 is 17.9 Å². The van der Waals surface area contributed by atoms with Gasteiger partial charge in [0.2, 0.25) is 0 Å². The molecule has 2 aromatic carbocycles. The van der Waals surface area contributed by atoms with E-state index < -0.39 is 17.9 Å². The highest BCUT2D eigenvalue weighted by molar-refractivity contribution is 7.12. The summed E-state index contributed by atoms with van der Waals surface area (Å²) in [7, 11) is 2.36. The van der Waals surface area contributed by atoms with Crippen LogP contribution in [-0.4, -0.2) is 38.7 Å². The Labute approximate surface area is 207 Å². The molecule has 35 heavy (non-hydrogen) atoms. The van der Waals surface area contributed by atoms with E-state index in [9.17, 15) is 14.4 Å². The van der Waals surface area contributed by atoms with Crippen molar-refractivity contribution < 1.29 is 28.6 Å². The number of methoxy groups -OCH3 is 2. The van der Waals surface area contributed by atoms with Crippen molar-refractivity contribution in [2.24, 2.45) is 4.99 Å². The summed E-state index contributed by atoms with van der Waals surface area (Å²) in [5, 5.41) is 3.20. The lowest BCUT2D eigenvalue weighted by Crippen LogP contribution is -2.24. The predicted octanol–water partition coefficient (Wildman–Crippen LogP) is 5.09. The Bertz CT molecular complexity index is 1310. The quantitative estimate of drug-likeness (QED) is 0.360. The molecule has 0 fully saturated rings. The van der Waals surface area contributed by atoms with Crippen molar-refractivity contribution in [3.63, 3.8) is 0 Å². The number of esters is 3. The molecular weight excluding hydrogens is 468 g/mol. The average Bonchev–Trinajstić information content (AvgIpc) is 2.86. The minimum atomic E-state index is -0.876. The molecule has 8 nitrogen and oxygen atoms in total. The summed E-state index contributed by atoms with van der Waals surface area (Å²) < 4.78 is 15.4. The number of carbonyl (C=O) groups is 3. The van der Waals surface area contributed by atoms with Gasteiger partial charge in [-0.1, -0.05) is 35.4 Å². The van der Waals surface area contributed by atoms with Gasteiger partial charge in [-0.25, -0.2) is 19.4 Å². The first-order valence-electron chi connectivity index (χ1n) is 10.8. The number of rotatable bonds is 7. The van der Waals surface area contributed by atoms with Crippen LogP contribution in [0, 0.1) is 13.8 Å². The van der Waals surface area contributed by atoms with E-state index in [4.69, 9.17) is 19.2 Å². The highest BCUT2D eigenvalue weighted by Gasteiger charge is 2.32. The average molecular weight is 495 g/mol. The maximum atomic E-state index is 13.2. The van der Waals surface area contributed by atoms with Crippen LogP contribution in [0.1, 0.15) is 48.4 Å². The lowest BCUT2D eigenvalue weighted by Gasteiger charge is -2.17. The van der Waals surface area contributed by atoms with Crippen molar-refractivity contribution >= 4 is 46.3 Å². The molecule has 0 amide bonds. The topological polar surface area (TPSA) is 103 Å². The second-order valence-corrected chi connectivity index (χ2v) is 8.50. The standard InChI is InChI=1S/C26H26N2O6S/c1-6-34-25(30)19-20(24(29)32-4)22(26(31)33-5)35-23(28-18-13-9-16(3)10-14-18)21(19)27-17-11-7-15(2)8-12-17/h7-14,27H,6H2,1-5H3. The van der Waals surface area contributed by atoms with Crippen molar-refractivity contribution in [2.45, 2.75) is 20.8 Å². The van der Waals surface area contributed by atoms with Gasteiger partial charge in [0.25, 0.3) is 0 Å². The zero-order valence-electron chi connectivity index (χ0n) is 20.1. The third-order valence-corrected chi connectivity index (χ3v) is 6.03. The Morgan fingerprint density at radius 2 is 1.40 bits per heavy atom. The second-order valence-electron chi connectivity index (χ2n) is 7.50. The lowest BCUT2D eigenvalue weighted by molar-refractivity contribution is 0.0501. The number of ether oxygens (including phenoxy) is 3. The zero-order chi connectivity index (χ0) is 25.5. The molecule has 0 unspecified atom stereocenters. The molecule has 0 spiro atoms. The van der Waals surface area contributed by atoms with E-state index in [1.54, 1.807) is 6.92 Å². The molecule has 0 aliphatic rings. The van der Waals surface area contributed by atoms with Crippen LogP contribution < -0.4 is 9.99 Å². The fourth-order valence-electron chi connectivity index (χ4n) is 3.20. The van der Waals surface area contributed by atoms with Crippen LogP contribution in [0.3, 0.4) is 0 Å². The third kappa shape index (κ3) is 5.93. The van der Waals surface area contributed by atoms with Crippen molar-refractivity contribution in [3.05, 3.63) is 80.3 Å². The highest BCUT2D eigenvalue weighted by Crippen LogP contribution is 2.29. The van der Waals surface area contributed by atoms with Crippen molar-refractivity contribution in [3.8, 4) is 0 Å². The van der Waals surface area contributed by atoms with Gasteiger partial charge in [0, 0.05) is 5.69 Å². The molecule has 0 saturated heterocycles. The normalized spacial score (nSPS) is 11.1. The number of hydrogen-bond acceptors (Lipinski definition) is 9. The van der Waals surface area contributed by atoms with Crippen LogP contribution in [0.2, 0.25) is 0 Å². The van der Waals surface area contributed by atoms with Crippen molar-refractivity contribution in [1.29, 1.82) is 0 Å². The highest BCUT2D eigenvalue weighted by atomic mass is 32.1. The molecule has 182 valence electrons. The smallest absolute Gasteiger partial charge is 0.349 e. The molecule has 9 heteroatoms. The summed E-state index contributed by atoms with van der Waals surface area (Å²) in [5.74, 6) is -2.48. The van der Waals surface area contributed by atoms with Crippen LogP contribution >= 0.6 is 11.3 Å². The van der Waals surface area contributed by atoms with Gasteiger partial charge in [0.1, 0.15) is 20.7 Å². The lowest BCUT2D eigenvalue weighted by atomic mass is 10.1. The third-order valence-electron chi connectivity index (χ3n) is 4.97. The molecule has 3 aromatic rings. The van der Waals surface area contributed by atoms with Crippen molar-refractivity contribution in [2.75, 3.05) is 26.1 Å². The Hall–Kier alpha value is -3.98. The monoisotopic (exact) mass is 494 g/mol. The first-order chi connectivity index (χ1) is 16.8. The SMILES string of the molecule is CCOC(=O)c1c(C(=O)OC)c(C(=O)OC)sc(=Nc2ccc(C)cc2)c1Nc1ccc(C)cc1. The van der Waals surface area contributed by atoms with E-state index in [-0.39, 0.29) is 33.0 Å². The van der Waals surface area contributed by atoms with Gasteiger partial charge in [0.15, 0.2) is 0 Å². The Morgan fingerprint density at radius 1 is 0.829 bits per heavy atom. The molecule has 0 atom stereocenters. The number of nitrogens with one attached hydrogen (secondary N) is 1. The summed E-state index contributed by atoms with van der Waals surface area (Å²) in [6.07, 6.45) is 0.